The highest BCUT2D eigenvalue weighted by molar-refractivity contribution is 7.08. The molecule has 0 bridgehead atoms. The van der Waals surface area contributed by atoms with E-state index in [1.54, 1.807) is 23.6 Å². The number of hydrogen-bond donors (Lipinski definition) is 1. The third kappa shape index (κ3) is 4.49. The SMILES string of the molecule is O=C(NCc1ccccn1)c1ccc2c(c1)-c1cscc1CN2C1CCC(C(F)(F)F)CC1. The fraction of sp³-hybridized carbons (Fsp3) is 0.360. The van der Waals surface area contributed by atoms with Crippen LogP contribution in [0.25, 0.3) is 11.1 Å². The zero-order valence-corrected chi connectivity index (χ0v) is 18.8. The number of carbonyl (C=O) groups excluding carboxylic acids is 1. The van der Waals surface area contributed by atoms with Crippen LogP contribution in [0.1, 0.15) is 47.3 Å². The molecule has 2 aromatic heterocycles. The summed E-state index contributed by atoms with van der Waals surface area (Å²) in [5.41, 5.74) is 5.58. The van der Waals surface area contributed by atoms with Gasteiger partial charge in [0.05, 0.1) is 18.2 Å². The average molecular weight is 472 g/mol. The molecule has 0 atom stereocenters. The van der Waals surface area contributed by atoms with Crippen molar-refractivity contribution in [2.75, 3.05) is 4.90 Å². The Hall–Kier alpha value is -2.87. The Balaban J connectivity index is 1.37. The van der Waals surface area contributed by atoms with E-state index >= 15 is 0 Å². The number of halogens is 3. The first-order chi connectivity index (χ1) is 15.9. The van der Waals surface area contributed by atoms with E-state index < -0.39 is 12.1 Å². The van der Waals surface area contributed by atoms with E-state index in [1.807, 2.05) is 30.3 Å². The number of anilines is 1. The molecule has 172 valence electrons. The lowest BCUT2D eigenvalue weighted by molar-refractivity contribution is -0.182. The van der Waals surface area contributed by atoms with Crippen LogP contribution in [0.15, 0.2) is 53.4 Å². The van der Waals surface area contributed by atoms with Crippen molar-refractivity contribution in [2.45, 2.75) is 51.0 Å². The fourth-order valence-corrected chi connectivity index (χ4v) is 5.76. The molecule has 1 saturated carbocycles. The van der Waals surface area contributed by atoms with Crippen molar-refractivity contribution >= 4 is 22.9 Å². The zero-order valence-electron chi connectivity index (χ0n) is 17.9. The first-order valence-corrected chi connectivity index (χ1v) is 12.1. The van der Waals surface area contributed by atoms with Gasteiger partial charge in [0.25, 0.3) is 5.91 Å². The minimum absolute atomic E-state index is 0.0687. The Morgan fingerprint density at radius 2 is 1.91 bits per heavy atom. The molecule has 1 aliphatic carbocycles. The number of aromatic nitrogens is 1. The van der Waals surface area contributed by atoms with E-state index in [2.05, 4.69) is 26.0 Å². The molecule has 3 aromatic rings. The van der Waals surface area contributed by atoms with Crippen molar-refractivity contribution in [3.63, 3.8) is 0 Å². The van der Waals surface area contributed by atoms with Crippen LogP contribution in [0.5, 0.6) is 0 Å². The molecule has 0 saturated heterocycles. The normalized spacial score (nSPS) is 20.2. The van der Waals surface area contributed by atoms with Gasteiger partial charge >= 0.3 is 6.18 Å². The molecule has 5 rings (SSSR count). The molecule has 0 unspecified atom stereocenters. The Bertz CT molecular complexity index is 1140. The molecule has 3 heterocycles. The molecule has 4 nitrogen and oxygen atoms in total. The van der Waals surface area contributed by atoms with Gasteiger partial charge in [-0.1, -0.05) is 6.07 Å². The molecular formula is C25H24F3N3OS. The molecule has 0 radical (unpaired) electrons. The van der Waals surface area contributed by atoms with Gasteiger partial charge in [-0.3, -0.25) is 9.78 Å². The van der Waals surface area contributed by atoms with Gasteiger partial charge in [-0.05, 0) is 77.9 Å². The summed E-state index contributed by atoms with van der Waals surface area (Å²) in [5.74, 6) is -1.37. The maximum absolute atomic E-state index is 13.1. The van der Waals surface area contributed by atoms with Gasteiger partial charge in [-0.15, -0.1) is 0 Å². The molecule has 0 spiro atoms. The lowest BCUT2D eigenvalue weighted by Crippen LogP contribution is -2.41. The smallest absolute Gasteiger partial charge is 0.364 e. The van der Waals surface area contributed by atoms with Gasteiger partial charge in [0.1, 0.15) is 0 Å². The lowest BCUT2D eigenvalue weighted by atomic mass is 9.83. The first kappa shape index (κ1) is 21.9. The number of nitrogens with zero attached hydrogens (tertiary/aromatic N) is 2. The van der Waals surface area contributed by atoms with Crippen molar-refractivity contribution in [3.05, 3.63) is 70.2 Å². The van der Waals surface area contributed by atoms with Gasteiger partial charge in [-0.2, -0.15) is 24.5 Å². The molecule has 1 aromatic carbocycles. The van der Waals surface area contributed by atoms with Crippen LogP contribution in [0.4, 0.5) is 18.9 Å². The fourth-order valence-electron chi connectivity index (χ4n) is 4.91. The largest absolute Gasteiger partial charge is 0.391 e. The van der Waals surface area contributed by atoms with Crippen molar-refractivity contribution in [2.24, 2.45) is 5.92 Å². The standard InChI is InChI=1S/C25H24F3N3OS/c26-25(27,28)18-5-7-20(8-6-18)31-13-17-14-33-15-22(17)21-11-16(4-9-23(21)31)24(32)30-12-19-3-1-2-10-29-19/h1-4,9-11,14-15,18,20H,5-8,12-13H2,(H,30,32). The Labute approximate surface area is 194 Å². The van der Waals surface area contributed by atoms with Gasteiger partial charge in [0.15, 0.2) is 0 Å². The van der Waals surface area contributed by atoms with Crippen molar-refractivity contribution in [1.29, 1.82) is 0 Å². The van der Waals surface area contributed by atoms with Crippen LogP contribution < -0.4 is 10.2 Å². The van der Waals surface area contributed by atoms with Crippen LogP contribution in [-0.2, 0) is 13.1 Å². The maximum atomic E-state index is 13.1. The van der Waals surface area contributed by atoms with E-state index in [-0.39, 0.29) is 24.8 Å². The van der Waals surface area contributed by atoms with Gasteiger partial charge in [-0.25, -0.2) is 0 Å². The highest BCUT2D eigenvalue weighted by Crippen LogP contribution is 2.46. The minimum Gasteiger partial charge on any atom is -0.364 e. The third-order valence-electron chi connectivity index (χ3n) is 6.70. The van der Waals surface area contributed by atoms with Crippen molar-refractivity contribution in [1.82, 2.24) is 10.3 Å². The number of thiophene rings is 1. The summed E-state index contributed by atoms with van der Waals surface area (Å²) >= 11 is 1.61. The number of benzene rings is 1. The van der Waals surface area contributed by atoms with E-state index in [0.29, 0.717) is 31.5 Å². The van der Waals surface area contributed by atoms with Crippen LogP contribution in [0.3, 0.4) is 0 Å². The summed E-state index contributed by atoms with van der Waals surface area (Å²) in [7, 11) is 0. The van der Waals surface area contributed by atoms with Gasteiger partial charge in [0, 0.05) is 35.6 Å². The van der Waals surface area contributed by atoms with Crippen LogP contribution in [0.2, 0.25) is 0 Å². The maximum Gasteiger partial charge on any atom is 0.391 e. The predicted molar refractivity (Wildman–Crippen MR) is 123 cm³/mol. The second-order valence-electron chi connectivity index (χ2n) is 8.72. The monoisotopic (exact) mass is 471 g/mol. The molecule has 33 heavy (non-hydrogen) atoms. The number of alkyl halides is 3. The number of fused-ring (bicyclic) bond motifs is 3. The Kier molecular flexibility index (Phi) is 5.86. The number of amides is 1. The zero-order chi connectivity index (χ0) is 23.0. The highest BCUT2D eigenvalue weighted by atomic mass is 32.1. The van der Waals surface area contributed by atoms with Gasteiger partial charge in [0.2, 0.25) is 0 Å². The van der Waals surface area contributed by atoms with Crippen molar-refractivity contribution < 1.29 is 18.0 Å². The summed E-state index contributed by atoms with van der Waals surface area (Å²) in [5, 5.41) is 7.10. The number of pyridine rings is 1. The molecule has 1 N–H and O–H groups in total. The molecule has 2 aliphatic rings. The number of rotatable bonds is 4. The van der Waals surface area contributed by atoms with Crippen LogP contribution in [0, 0.1) is 5.92 Å². The second kappa shape index (κ2) is 8.82. The molecule has 1 aliphatic heterocycles. The third-order valence-corrected chi connectivity index (χ3v) is 7.49. The summed E-state index contributed by atoms with van der Waals surface area (Å²) < 4.78 is 39.4. The average Bonchev–Trinajstić information content (AvgIpc) is 3.31. The quantitative estimate of drug-likeness (QED) is 0.494. The van der Waals surface area contributed by atoms with Crippen molar-refractivity contribution in [3.8, 4) is 11.1 Å². The topological polar surface area (TPSA) is 45.2 Å². The molecule has 1 fully saturated rings. The molecular weight excluding hydrogens is 447 g/mol. The van der Waals surface area contributed by atoms with Crippen LogP contribution in [-0.4, -0.2) is 23.1 Å². The van der Waals surface area contributed by atoms with E-state index in [9.17, 15) is 18.0 Å². The van der Waals surface area contributed by atoms with E-state index in [1.165, 1.54) is 0 Å². The minimum atomic E-state index is -4.11. The Morgan fingerprint density at radius 3 is 2.64 bits per heavy atom. The summed E-state index contributed by atoms with van der Waals surface area (Å²) in [6, 6.07) is 11.3. The second-order valence-corrected chi connectivity index (χ2v) is 9.46. The van der Waals surface area contributed by atoms with E-state index in [0.717, 1.165) is 28.1 Å². The molecule has 1 amide bonds. The first-order valence-electron chi connectivity index (χ1n) is 11.1. The number of nitrogens with one attached hydrogen (secondary N) is 1. The predicted octanol–water partition coefficient (Wildman–Crippen LogP) is 6.18. The number of carbonyl (C=O) groups is 1. The summed E-state index contributed by atoms with van der Waals surface area (Å²) in [6.45, 7) is 1.04. The summed E-state index contributed by atoms with van der Waals surface area (Å²) in [4.78, 5) is 19.3. The summed E-state index contributed by atoms with van der Waals surface area (Å²) in [6.07, 6.45) is -1.03. The van der Waals surface area contributed by atoms with E-state index in [4.69, 9.17) is 0 Å². The number of hydrogen-bond acceptors (Lipinski definition) is 4. The van der Waals surface area contributed by atoms with Gasteiger partial charge < -0.3 is 10.2 Å². The lowest BCUT2D eigenvalue weighted by Gasteiger charge is -2.41. The highest BCUT2D eigenvalue weighted by Gasteiger charge is 2.43. The molecule has 8 heteroatoms. The van der Waals surface area contributed by atoms with Crippen LogP contribution >= 0.6 is 11.3 Å². The Morgan fingerprint density at radius 1 is 1.09 bits per heavy atom.